The molecule has 0 fully saturated rings. The quantitative estimate of drug-likeness (QED) is 0.137. The van der Waals surface area contributed by atoms with Crippen LogP contribution < -0.4 is 26.5 Å². The van der Waals surface area contributed by atoms with Crippen LogP contribution in [0.4, 0.5) is 0 Å². The Hall–Kier alpha value is -6.18. The van der Waals surface area contributed by atoms with E-state index in [2.05, 4.69) is 184 Å². The lowest BCUT2D eigenvalue weighted by Gasteiger charge is -2.22. The van der Waals surface area contributed by atoms with Crippen molar-refractivity contribution in [3.8, 4) is 11.1 Å². The summed E-state index contributed by atoms with van der Waals surface area (Å²) in [6, 6.07) is 61.7. The first kappa shape index (κ1) is 31.4. The summed E-state index contributed by atoms with van der Waals surface area (Å²) in [5, 5.41) is 12.7. The number of imidazole rings is 1. The lowest BCUT2D eigenvalue weighted by Crippen LogP contribution is -2.21. The third-order valence-electron chi connectivity index (χ3n) is 10.6. The molecule has 4 aromatic heterocycles. The Morgan fingerprint density at radius 1 is 0.556 bits per heavy atom. The molecular weight excluding hydrogens is 695 g/mol. The van der Waals surface area contributed by atoms with Crippen LogP contribution in [-0.2, 0) is 0 Å². The predicted molar refractivity (Wildman–Crippen MR) is 233 cm³/mol. The fourth-order valence-electron chi connectivity index (χ4n) is 8.21. The van der Waals surface area contributed by atoms with Gasteiger partial charge in [0, 0.05) is 56.0 Å². The molecule has 254 valence electrons. The van der Waals surface area contributed by atoms with Gasteiger partial charge in [-0.2, -0.15) is 0 Å². The Kier molecular flexibility index (Phi) is 7.40. The van der Waals surface area contributed by atoms with E-state index in [0.717, 1.165) is 33.3 Å². The molecule has 4 heterocycles. The van der Waals surface area contributed by atoms with Gasteiger partial charge in [-0.15, -0.1) is 0 Å². The zero-order chi connectivity index (χ0) is 35.6. The van der Waals surface area contributed by atoms with E-state index in [1.54, 1.807) is 0 Å². The molecule has 0 aliphatic rings. The minimum absolute atomic E-state index is 0.436. The summed E-state index contributed by atoms with van der Waals surface area (Å²) in [6.07, 6.45) is 3.93. The van der Waals surface area contributed by atoms with E-state index >= 15 is 0 Å². The zero-order valence-electron chi connectivity index (χ0n) is 29.1. The van der Waals surface area contributed by atoms with Gasteiger partial charge in [-0.3, -0.25) is 9.38 Å². The normalized spacial score (nSPS) is 12.2. The number of nitrogens with zero attached hydrogens (tertiary/aromatic N) is 3. The van der Waals surface area contributed by atoms with Crippen molar-refractivity contribution in [3.63, 3.8) is 0 Å². The molecule has 1 atom stereocenters. The highest BCUT2D eigenvalue weighted by Gasteiger charge is 2.23. The maximum Gasteiger partial charge on any atom is 0.146 e. The van der Waals surface area contributed by atoms with Crippen LogP contribution in [0.3, 0.4) is 0 Å². The number of hydrogen-bond acceptors (Lipinski definition) is 2. The van der Waals surface area contributed by atoms with E-state index in [9.17, 15) is 0 Å². The molecule has 7 aromatic carbocycles. The van der Waals surface area contributed by atoms with Crippen molar-refractivity contribution < 1.29 is 0 Å². The number of benzene rings is 7. The van der Waals surface area contributed by atoms with Gasteiger partial charge in [0.25, 0.3) is 0 Å². The summed E-state index contributed by atoms with van der Waals surface area (Å²) >= 11 is 0. The van der Waals surface area contributed by atoms with Crippen molar-refractivity contribution in [1.82, 2.24) is 19.4 Å². The number of para-hydroxylation sites is 3. The average Bonchev–Trinajstić information content (AvgIpc) is 3.81. The Morgan fingerprint density at radius 2 is 1.26 bits per heavy atom. The van der Waals surface area contributed by atoms with Crippen LogP contribution in [0.25, 0.3) is 71.3 Å². The Morgan fingerprint density at radius 3 is 2.09 bits per heavy atom. The average molecular weight is 727 g/mol. The van der Waals surface area contributed by atoms with Gasteiger partial charge in [0.1, 0.15) is 5.65 Å². The van der Waals surface area contributed by atoms with Crippen molar-refractivity contribution in [3.05, 3.63) is 182 Å². The van der Waals surface area contributed by atoms with Crippen LogP contribution in [0.2, 0.25) is 0 Å². The first-order valence-electron chi connectivity index (χ1n) is 18.2. The highest BCUT2D eigenvalue weighted by Crippen LogP contribution is 2.40. The smallest absolute Gasteiger partial charge is 0.146 e. The summed E-state index contributed by atoms with van der Waals surface area (Å²) in [7, 11) is -0.379. The SMILES string of the molecule is c1ccc(P(c2ccccc2)c2cccc3c2c2ccccc2n2c4ccc(Pc5ccncc5-c5cccc6c5[nH]c5ccccc56)cc4nc32)cc1. The lowest BCUT2D eigenvalue weighted by atomic mass is 10.0. The van der Waals surface area contributed by atoms with Crippen molar-refractivity contribution in [2.45, 2.75) is 0 Å². The first-order valence-corrected chi connectivity index (χ1v) is 20.5. The van der Waals surface area contributed by atoms with Gasteiger partial charge >= 0.3 is 0 Å². The van der Waals surface area contributed by atoms with Gasteiger partial charge < -0.3 is 4.98 Å². The molecule has 4 nitrogen and oxygen atoms in total. The van der Waals surface area contributed by atoms with Crippen molar-refractivity contribution >= 4 is 103 Å². The topological polar surface area (TPSA) is 46.0 Å². The van der Waals surface area contributed by atoms with Crippen LogP contribution >= 0.6 is 16.5 Å². The van der Waals surface area contributed by atoms with Gasteiger partial charge in [0.15, 0.2) is 0 Å². The van der Waals surface area contributed by atoms with Crippen molar-refractivity contribution in [2.24, 2.45) is 0 Å². The molecule has 0 saturated carbocycles. The molecule has 11 aromatic rings. The minimum atomic E-state index is -0.815. The number of fused-ring (bicyclic) bond motifs is 11. The first-order chi connectivity index (χ1) is 26.8. The van der Waals surface area contributed by atoms with Gasteiger partial charge in [0.2, 0.25) is 0 Å². The van der Waals surface area contributed by atoms with Gasteiger partial charge in [-0.1, -0.05) is 148 Å². The monoisotopic (exact) mass is 726 g/mol. The largest absolute Gasteiger partial charge is 0.354 e. The van der Waals surface area contributed by atoms with E-state index in [1.807, 2.05) is 12.4 Å². The van der Waals surface area contributed by atoms with Crippen LogP contribution in [0.5, 0.6) is 0 Å². The number of H-pyrrole nitrogens is 1. The molecule has 6 heteroatoms. The minimum Gasteiger partial charge on any atom is -0.354 e. The maximum atomic E-state index is 5.44. The molecule has 0 aliphatic carbocycles. The van der Waals surface area contributed by atoms with Crippen LogP contribution in [0.1, 0.15) is 0 Å². The van der Waals surface area contributed by atoms with Gasteiger partial charge in [-0.05, 0) is 64.8 Å². The molecule has 0 saturated heterocycles. The number of aromatic nitrogens is 4. The molecule has 11 rings (SSSR count). The number of aromatic amines is 1. The highest BCUT2D eigenvalue weighted by molar-refractivity contribution is 7.80. The Balaban J connectivity index is 1.08. The van der Waals surface area contributed by atoms with Gasteiger partial charge in [0.05, 0.1) is 22.1 Å². The van der Waals surface area contributed by atoms with Crippen molar-refractivity contribution in [2.75, 3.05) is 0 Å². The molecule has 54 heavy (non-hydrogen) atoms. The summed E-state index contributed by atoms with van der Waals surface area (Å²) in [4.78, 5) is 13.7. The second-order valence-corrected chi connectivity index (χ2v) is 17.2. The van der Waals surface area contributed by atoms with E-state index < -0.39 is 7.92 Å². The van der Waals surface area contributed by atoms with E-state index in [0.29, 0.717) is 8.58 Å². The van der Waals surface area contributed by atoms with Gasteiger partial charge in [-0.25, -0.2) is 4.98 Å². The van der Waals surface area contributed by atoms with E-state index in [1.165, 1.54) is 64.5 Å². The summed E-state index contributed by atoms with van der Waals surface area (Å²) in [5.41, 5.74) is 8.91. The second kappa shape index (κ2) is 12.7. The number of rotatable bonds is 6. The Labute approximate surface area is 314 Å². The molecule has 0 amide bonds. The third kappa shape index (κ3) is 4.99. The summed E-state index contributed by atoms with van der Waals surface area (Å²) in [6.45, 7) is 0. The molecule has 0 spiro atoms. The molecular formula is C48H32N4P2. The Bertz CT molecular complexity index is 3170. The molecule has 0 aliphatic heterocycles. The number of nitrogens with one attached hydrogen (secondary N) is 1. The summed E-state index contributed by atoms with van der Waals surface area (Å²) in [5.74, 6) is 0. The van der Waals surface area contributed by atoms with E-state index in [-0.39, 0.29) is 0 Å². The van der Waals surface area contributed by atoms with Crippen molar-refractivity contribution in [1.29, 1.82) is 0 Å². The summed E-state index contributed by atoms with van der Waals surface area (Å²) < 4.78 is 2.37. The standard InChI is InChI=1S/C48H32N4P2/c1-3-13-32(14-4-1)54(33-15-5-2-6-16-33)45-24-12-21-38-46(45)37-18-8-10-23-42(37)52-43-26-25-31(29-41(43)51-48(38)52)53-44-27-28-49-30-39(44)36-20-11-19-35-34-17-7-9-22-40(34)50-47(35)36/h1-30,50,53H. The number of pyridine rings is 2. The number of hydrogen-bond donors (Lipinski definition) is 1. The predicted octanol–water partition coefficient (Wildman–Crippen LogP) is 9.88. The second-order valence-electron chi connectivity index (χ2n) is 13.6. The lowest BCUT2D eigenvalue weighted by molar-refractivity contribution is 1.32. The van der Waals surface area contributed by atoms with Crippen LogP contribution in [0.15, 0.2) is 182 Å². The highest BCUT2D eigenvalue weighted by atomic mass is 31.1. The molecule has 0 bridgehead atoms. The molecule has 0 radical (unpaired) electrons. The molecule has 1 N–H and O–H groups in total. The third-order valence-corrected chi connectivity index (χ3v) is 14.3. The van der Waals surface area contributed by atoms with Crippen LogP contribution in [0, 0.1) is 0 Å². The van der Waals surface area contributed by atoms with E-state index in [4.69, 9.17) is 4.98 Å². The zero-order valence-corrected chi connectivity index (χ0v) is 31.0. The van der Waals surface area contributed by atoms with Crippen LogP contribution in [-0.4, -0.2) is 19.4 Å². The fourth-order valence-corrected chi connectivity index (χ4v) is 11.9. The fraction of sp³-hybridized carbons (Fsp3) is 0. The molecule has 1 unspecified atom stereocenters. The maximum absolute atomic E-state index is 5.44.